The quantitative estimate of drug-likeness (QED) is 0.800. The lowest BCUT2D eigenvalue weighted by Gasteiger charge is -2.05. The lowest BCUT2D eigenvalue weighted by atomic mass is 10.2. The Hall–Kier alpha value is -2.08. The van der Waals surface area contributed by atoms with Crippen LogP contribution < -0.4 is 4.74 Å². The van der Waals surface area contributed by atoms with Crippen LogP contribution >= 0.6 is 15.9 Å². The molecule has 0 unspecified atom stereocenters. The van der Waals surface area contributed by atoms with Gasteiger partial charge in [0.05, 0.1) is 24.3 Å². The lowest BCUT2D eigenvalue weighted by Crippen LogP contribution is -2.02. The van der Waals surface area contributed by atoms with Gasteiger partial charge in [-0.1, -0.05) is 12.1 Å². The highest BCUT2D eigenvalue weighted by Gasteiger charge is 2.09. The van der Waals surface area contributed by atoms with Crippen LogP contribution in [0.25, 0.3) is 11.0 Å². The van der Waals surface area contributed by atoms with E-state index in [1.54, 1.807) is 24.1 Å². The maximum absolute atomic E-state index is 9.68. The Morgan fingerprint density at radius 3 is 2.75 bits per heavy atom. The van der Waals surface area contributed by atoms with E-state index in [0.29, 0.717) is 16.7 Å². The van der Waals surface area contributed by atoms with Crippen LogP contribution in [0.2, 0.25) is 0 Å². The summed E-state index contributed by atoms with van der Waals surface area (Å²) in [5, 5.41) is 14.9. The number of aromatic nitrogens is 3. The van der Waals surface area contributed by atoms with Gasteiger partial charge in [0.2, 0.25) is 5.88 Å². The van der Waals surface area contributed by atoms with E-state index in [4.69, 9.17) is 4.74 Å². The highest BCUT2D eigenvalue weighted by Crippen LogP contribution is 2.26. The fourth-order valence-corrected chi connectivity index (χ4v) is 2.33. The molecule has 0 atom stereocenters. The predicted octanol–water partition coefficient (Wildman–Crippen LogP) is 2.96. The van der Waals surface area contributed by atoms with Crippen molar-refractivity contribution in [2.75, 3.05) is 7.11 Å². The van der Waals surface area contributed by atoms with Gasteiger partial charge in [-0.25, -0.2) is 4.68 Å². The first-order valence-corrected chi connectivity index (χ1v) is 6.80. The average Bonchev–Trinajstić information content (AvgIpc) is 2.83. The van der Waals surface area contributed by atoms with E-state index < -0.39 is 0 Å². The van der Waals surface area contributed by atoms with Gasteiger partial charge in [-0.05, 0) is 39.7 Å². The van der Waals surface area contributed by atoms with Gasteiger partial charge in [0.15, 0.2) is 5.65 Å². The standard InChI is InChI=1S/C14H12BrN3O2/c1-20-11-4-2-9(3-5-11)8-18-13-10(7-16-18)6-12(15)14(19)17-13/h2-7H,8H2,1H3,(H,17,19). The summed E-state index contributed by atoms with van der Waals surface area (Å²) in [6.07, 6.45) is 1.73. The first kappa shape index (κ1) is 12.9. The van der Waals surface area contributed by atoms with Crippen LogP contribution in [-0.2, 0) is 6.54 Å². The summed E-state index contributed by atoms with van der Waals surface area (Å²) in [4.78, 5) is 4.15. The summed E-state index contributed by atoms with van der Waals surface area (Å²) < 4.78 is 7.45. The topological polar surface area (TPSA) is 60.2 Å². The zero-order chi connectivity index (χ0) is 14.1. The number of fused-ring (bicyclic) bond motifs is 1. The molecular formula is C14H12BrN3O2. The number of methoxy groups -OCH3 is 1. The minimum absolute atomic E-state index is 0.0334. The molecule has 2 heterocycles. The maximum atomic E-state index is 9.68. The predicted molar refractivity (Wildman–Crippen MR) is 79.0 cm³/mol. The first-order valence-electron chi connectivity index (χ1n) is 6.01. The third-order valence-electron chi connectivity index (χ3n) is 3.04. The van der Waals surface area contributed by atoms with Crippen LogP contribution in [0.1, 0.15) is 5.56 Å². The molecule has 1 N–H and O–H groups in total. The number of rotatable bonds is 3. The number of pyridine rings is 1. The molecular weight excluding hydrogens is 322 g/mol. The summed E-state index contributed by atoms with van der Waals surface area (Å²) in [6, 6.07) is 9.57. The van der Waals surface area contributed by atoms with Crippen molar-refractivity contribution in [1.82, 2.24) is 14.8 Å². The molecule has 2 aromatic heterocycles. The van der Waals surface area contributed by atoms with Gasteiger partial charge in [0.25, 0.3) is 0 Å². The Morgan fingerprint density at radius 2 is 2.05 bits per heavy atom. The number of hydrogen-bond acceptors (Lipinski definition) is 4. The van der Waals surface area contributed by atoms with Gasteiger partial charge >= 0.3 is 0 Å². The minimum Gasteiger partial charge on any atom is -0.497 e. The van der Waals surface area contributed by atoms with Crippen LogP contribution in [-0.4, -0.2) is 27.0 Å². The van der Waals surface area contributed by atoms with Crippen LogP contribution in [0.3, 0.4) is 0 Å². The van der Waals surface area contributed by atoms with Gasteiger partial charge in [0, 0.05) is 5.39 Å². The van der Waals surface area contributed by atoms with Crippen molar-refractivity contribution in [3.8, 4) is 11.6 Å². The van der Waals surface area contributed by atoms with Crippen LogP contribution in [0.15, 0.2) is 41.0 Å². The number of ether oxygens (including phenoxy) is 1. The molecule has 20 heavy (non-hydrogen) atoms. The van der Waals surface area contributed by atoms with Crippen LogP contribution in [0.5, 0.6) is 11.6 Å². The lowest BCUT2D eigenvalue weighted by molar-refractivity contribution is 0.414. The fraction of sp³-hybridized carbons (Fsp3) is 0.143. The van der Waals surface area contributed by atoms with Gasteiger partial charge < -0.3 is 9.84 Å². The number of halogens is 1. The third kappa shape index (κ3) is 2.34. The molecule has 6 heteroatoms. The van der Waals surface area contributed by atoms with Gasteiger partial charge in [0.1, 0.15) is 5.75 Å². The molecule has 0 aliphatic carbocycles. The zero-order valence-corrected chi connectivity index (χ0v) is 12.3. The summed E-state index contributed by atoms with van der Waals surface area (Å²) in [5.74, 6) is 0.785. The molecule has 5 nitrogen and oxygen atoms in total. The second-order valence-corrected chi connectivity index (χ2v) is 5.21. The van der Waals surface area contributed by atoms with Crippen LogP contribution in [0, 0.1) is 0 Å². The molecule has 0 fully saturated rings. The van der Waals surface area contributed by atoms with Crippen LogP contribution in [0.4, 0.5) is 0 Å². The van der Waals surface area contributed by atoms with Crippen molar-refractivity contribution in [2.45, 2.75) is 6.54 Å². The summed E-state index contributed by atoms with van der Waals surface area (Å²) in [5.41, 5.74) is 1.74. The number of nitrogens with zero attached hydrogens (tertiary/aromatic N) is 3. The fourth-order valence-electron chi connectivity index (χ4n) is 1.99. The molecule has 0 aliphatic heterocycles. The monoisotopic (exact) mass is 333 g/mol. The van der Waals surface area contributed by atoms with E-state index in [9.17, 15) is 5.11 Å². The molecule has 0 amide bonds. The summed E-state index contributed by atoms with van der Waals surface area (Å²) in [7, 11) is 1.64. The van der Waals surface area contributed by atoms with Gasteiger partial charge in [-0.3, -0.25) is 0 Å². The average molecular weight is 334 g/mol. The van der Waals surface area contributed by atoms with Crippen molar-refractivity contribution in [3.05, 3.63) is 46.6 Å². The number of aromatic hydroxyl groups is 1. The van der Waals surface area contributed by atoms with Gasteiger partial charge in [-0.15, -0.1) is 0 Å². The van der Waals surface area contributed by atoms with E-state index in [1.165, 1.54) is 0 Å². The SMILES string of the molecule is COc1ccc(Cn2ncc3cc(Br)c(O)nc32)cc1. The van der Waals surface area contributed by atoms with Crippen molar-refractivity contribution in [2.24, 2.45) is 0 Å². The molecule has 0 saturated heterocycles. The zero-order valence-electron chi connectivity index (χ0n) is 10.7. The maximum Gasteiger partial charge on any atom is 0.227 e. The second-order valence-electron chi connectivity index (χ2n) is 4.36. The van der Waals surface area contributed by atoms with Gasteiger partial charge in [-0.2, -0.15) is 10.1 Å². The second kappa shape index (κ2) is 5.13. The molecule has 0 bridgehead atoms. The van der Waals surface area contributed by atoms with Crippen molar-refractivity contribution >= 4 is 27.0 Å². The Morgan fingerprint density at radius 1 is 1.30 bits per heavy atom. The molecule has 0 spiro atoms. The van der Waals surface area contributed by atoms with E-state index >= 15 is 0 Å². The molecule has 3 rings (SSSR count). The number of benzene rings is 1. The van der Waals surface area contributed by atoms with Crippen molar-refractivity contribution < 1.29 is 9.84 Å². The van der Waals surface area contributed by atoms with E-state index in [-0.39, 0.29) is 5.88 Å². The molecule has 0 saturated carbocycles. The van der Waals surface area contributed by atoms with E-state index in [1.807, 2.05) is 24.3 Å². The Kier molecular flexibility index (Phi) is 3.31. The Balaban J connectivity index is 1.95. The Labute approximate surface area is 124 Å². The normalized spacial score (nSPS) is 10.9. The highest BCUT2D eigenvalue weighted by molar-refractivity contribution is 9.10. The smallest absolute Gasteiger partial charge is 0.227 e. The largest absolute Gasteiger partial charge is 0.497 e. The minimum atomic E-state index is -0.0334. The van der Waals surface area contributed by atoms with Crippen molar-refractivity contribution in [1.29, 1.82) is 0 Å². The number of hydrogen-bond donors (Lipinski definition) is 1. The third-order valence-corrected chi connectivity index (χ3v) is 3.62. The molecule has 102 valence electrons. The molecule has 1 aromatic carbocycles. The molecule has 0 aliphatic rings. The summed E-state index contributed by atoms with van der Waals surface area (Å²) in [6.45, 7) is 0.585. The Bertz CT molecular complexity index is 753. The summed E-state index contributed by atoms with van der Waals surface area (Å²) >= 11 is 3.24. The highest BCUT2D eigenvalue weighted by atomic mass is 79.9. The first-order chi connectivity index (χ1) is 9.67. The molecule has 3 aromatic rings. The van der Waals surface area contributed by atoms with E-state index in [2.05, 4.69) is 26.0 Å². The molecule has 0 radical (unpaired) electrons. The van der Waals surface area contributed by atoms with Crippen molar-refractivity contribution in [3.63, 3.8) is 0 Å². The van der Waals surface area contributed by atoms with E-state index in [0.717, 1.165) is 16.7 Å².